The number of carbonyl (C=O) groups excluding carboxylic acids is 1. The normalized spacial score (nSPS) is 28.6. The van der Waals surface area contributed by atoms with Crippen LogP contribution in [0.3, 0.4) is 0 Å². The highest BCUT2D eigenvalue weighted by Crippen LogP contribution is 2.31. The number of ether oxygens (including phenoxy) is 1. The second-order valence-electron chi connectivity index (χ2n) is 3.15. The Balaban J connectivity index is 2.71. The first-order valence-corrected chi connectivity index (χ1v) is 4.91. The zero-order valence-electron chi connectivity index (χ0n) is 7.64. The van der Waals surface area contributed by atoms with Crippen molar-refractivity contribution in [2.45, 2.75) is 38.3 Å². The topological polar surface area (TPSA) is 26.3 Å². The number of halogens is 1. The van der Waals surface area contributed by atoms with Crippen molar-refractivity contribution in [2.24, 2.45) is 0 Å². The highest BCUT2D eigenvalue weighted by Gasteiger charge is 2.45. The summed E-state index contributed by atoms with van der Waals surface area (Å²) in [4.78, 5) is 11.5. The third kappa shape index (κ3) is 2.05. The van der Waals surface area contributed by atoms with E-state index in [9.17, 15) is 9.18 Å². The molecule has 1 unspecified atom stereocenters. The Labute approximate surface area is 82.5 Å². The smallest absolute Gasteiger partial charge is 0.349 e. The summed E-state index contributed by atoms with van der Waals surface area (Å²) in [6.07, 6.45) is 2.29. The van der Waals surface area contributed by atoms with E-state index in [0.29, 0.717) is 12.8 Å². The highest BCUT2D eigenvalue weighted by atomic mass is 32.1. The second kappa shape index (κ2) is 4.13. The first kappa shape index (κ1) is 10.6. The predicted molar refractivity (Wildman–Crippen MR) is 51.5 cm³/mol. The summed E-state index contributed by atoms with van der Waals surface area (Å²) in [5, 5.41) is 0. The van der Waals surface area contributed by atoms with Gasteiger partial charge >= 0.3 is 5.97 Å². The molecule has 0 spiro atoms. The van der Waals surface area contributed by atoms with E-state index in [2.05, 4.69) is 4.74 Å². The molecule has 74 valence electrons. The van der Waals surface area contributed by atoms with E-state index < -0.39 is 11.6 Å². The van der Waals surface area contributed by atoms with Gasteiger partial charge in [-0.25, -0.2) is 9.18 Å². The summed E-state index contributed by atoms with van der Waals surface area (Å²) >= 11 is 4.86. The van der Waals surface area contributed by atoms with Crippen molar-refractivity contribution >= 4 is 23.1 Å². The average molecular weight is 204 g/mol. The first-order valence-electron chi connectivity index (χ1n) is 4.50. The van der Waals surface area contributed by atoms with Crippen LogP contribution in [0.2, 0.25) is 0 Å². The van der Waals surface area contributed by atoms with E-state index >= 15 is 0 Å². The van der Waals surface area contributed by atoms with E-state index in [4.69, 9.17) is 12.2 Å². The molecule has 1 fully saturated rings. The van der Waals surface area contributed by atoms with Gasteiger partial charge in [-0.2, -0.15) is 0 Å². The molecule has 0 aromatic rings. The molecule has 1 saturated carbocycles. The van der Waals surface area contributed by atoms with Crippen molar-refractivity contribution in [3.63, 3.8) is 0 Å². The molecule has 2 nitrogen and oxygen atoms in total. The van der Waals surface area contributed by atoms with E-state index in [1.807, 2.05) is 0 Å². The number of rotatable bonds is 2. The average Bonchev–Trinajstić information content (AvgIpc) is 2.11. The van der Waals surface area contributed by atoms with Crippen molar-refractivity contribution in [3.8, 4) is 0 Å². The monoisotopic (exact) mass is 204 g/mol. The number of esters is 1. The zero-order valence-corrected chi connectivity index (χ0v) is 8.45. The minimum absolute atomic E-state index is 0.185. The largest absolute Gasteiger partial charge is 0.463 e. The maximum atomic E-state index is 13.9. The maximum Gasteiger partial charge on any atom is 0.349 e. The molecule has 1 aliphatic rings. The van der Waals surface area contributed by atoms with Crippen molar-refractivity contribution in [1.29, 1.82) is 0 Å². The van der Waals surface area contributed by atoms with Crippen LogP contribution in [-0.4, -0.2) is 23.1 Å². The Bertz CT molecular complexity index is 230. The number of hydrogen-bond acceptors (Lipinski definition) is 3. The van der Waals surface area contributed by atoms with Crippen LogP contribution in [0.15, 0.2) is 0 Å². The van der Waals surface area contributed by atoms with Gasteiger partial charge in [0, 0.05) is 4.86 Å². The van der Waals surface area contributed by atoms with Crippen molar-refractivity contribution in [3.05, 3.63) is 0 Å². The third-order valence-electron chi connectivity index (χ3n) is 2.22. The van der Waals surface area contributed by atoms with Crippen molar-refractivity contribution in [2.75, 3.05) is 6.61 Å². The fourth-order valence-corrected chi connectivity index (χ4v) is 1.78. The Hall–Kier alpha value is -0.510. The minimum atomic E-state index is -1.98. The molecule has 0 N–H and O–H groups in total. The Morgan fingerprint density at radius 1 is 1.69 bits per heavy atom. The minimum Gasteiger partial charge on any atom is -0.463 e. The van der Waals surface area contributed by atoms with Crippen LogP contribution in [0.1, 0.15) is 32.6 Å². The van der Waals surface area contributed by atoms with Gasteiger partial charge in [-0.05, 0) is 32.6 Å². The Morgan fingerprint density at radius 3 is 2.92 bits per heavy atom. The molecular weight excluding hydrogens is 191 g/mol. The molecule has 0 heterocycles. The molecule has 13 heavy (non-hydrogen) atoms. The lowest BCUT2D eigenvalue weighted by Crippen LogP contribution is -2.44. The SMILES string of the molecule is CCOC(=O)C1(F)CCCCC1=S. The van der Waals surface area contributed by atoms with Gasteiger partial charge in [0.05, 0.1) is 6.61 Å². The summed E-state index contributed by atoms with van der Waals surface area (Å²) in [6.45, 7) is 1.86. The van der Waals surface area contributed by atoms with Crippen LogP contribution in [0.25, 0.3) is 0 Å². The van der Waals surface area contributed by atoms with E-state index in [-0.39, 0.29) is 17.9 Å². The molecule has 0 saturated heterocycles. The van der Waals surface area contributed by atoms with Crippen molar-refractivity contribution in [1.82, 2.24) is 0 Å². The molecule has 1 atom stereocenters. The van der Waals surface area contributed by atoms with E-state index in [0.717, 1.165) is 6.42 Å². The molecule has 0 aliphatic heterocycles. The predicted octanol–water partition coefficient (Wildman–Crippen LogP) is 2.20. The molecule has 0 radical (unpaired) electrons. The molecular formula is C9H13FO2S. The summed E-state index contributed by atoms with van der Waals surface area (Å²) in [5.74, 6) is -0.806. The van der Waals surface area contributed by atoms with Crippen LogP contribution in [0, 0.1) is 0 Å². The van der Waals surface area contributed by atoms with Gasteiger partial charge in [0.25, 0.3) is 0 Å². The fraction of sp³-hybridized carbons (Fsp3) is 0.778. The van der Waals surface area contributed by atoms with Crippen LogP contribution in [-0.2, 0) is 9.53 Å². The maximum absolute atomic E-state index is 13.9. The summed E-state index contributed by atoms with van der Waals surface area (Å²) in [7, 11) is 0. The van der Waals surface area contributed by atoms with Gasteiger partial charge in [0.15, 0.2) is 0 Å². The molecule has 1 aliphatic carbocycles. The van der Waals surface area contributed by atoms with Gasteiger partial charge in [0.2, 0.25) is 5.67 Å². The standard InChI is InChI=1S/C9H13FO2S/c1-2-12-8(11)9(10)6-4-3-5-7(9)13/h2-6H2,1H3. The van der Waals surface area contributed by atoms with E-state index in [1.165, 1.54) is 0 Å². The highest BCUT2D eigenvalue weighted by molar-refractivity contribution is 7.80. The lowest BCUT2D eigenvalue weighted by molar-refractivity contribution is -0.153. The molecule has 0 aromatic heterocycles. The fourth-order valence-electron chi connectivity index (χ4n) is 1.45. The van der Waals surface area contributed by atoms with Crippen LogP contribution >= 0.6 is 12.2 Å². The van der Waals surface area contributed by atoms with Gasteiger partial charge < -0.3 is 4.74 Å². The number of alkyl halides is 1. The van der Waals surface area contributed by atoms with Crippen LogP contribution in [0.4, 0.5) is 4.39 Å². The van der Waals surface area contributed by atoms with Crippen LogP contribution in [0.5, 0.6) is 0 Å². The van der Waals surface area contributed by atoms with Crippen LogP contribution < -0.4 is 0 Å². The Morgan fingerprint density at radius 2 is 2.38 bits per heavy atom. The quantitative estimate of drug-likeness (QED) is 0.509. The van der Waals surface area contributed by atoms with Crippen molar-refractivity contribution < 1.29 is 13.9 Å². The van der Waals surface area contributed by atoms with Gasteiger partial charge in [-0.3, -0.25) is 0 Å². The summed E-state index contributed by atoms with van der Waals surface area (Å²) in [6, 6.07) is 0. The summed E-state index contributed by atoms with van der Waals surface area (Å²) in [5.41, 5.74) is -1.98. The number of carbonyl (C=O) groups is 1. The number of thiocarbonyl (C=S) groups is 1. The lowest BCUT2D eigenvalue weighted by atomic mass is 9.86. The third-order valence-corrected chi connectivity index (χ3v) is 2.74. The zero-order chi connectivity index (χ0) is 9.90. The molecule has 4 heteroatoms. The van der Waals surface area contributed by atoms with Gasteiger partial charge in [-0.15, -0.1) is 0 Å². The molecule has 1 rings (SSSR count). The van der Waals surface area contributed by atoms with Gasteiger partial charge in [-0.1, -0.05) is 12.2 Å². The first-order chi connectivity index (χ1) is 6.11. The second-order valence-corrected chi connectivity index (χ2v) is 3.64. The van der Waals surface area contributed by atoms with E-state index in [1.54, 1.807) is 6.92 Å². The van der Waals surface area contributed by atoms with Gasteiger partial charge in [0.1, 0.15) is 0 Å². The molecule has 0 amide bonds. The summed E-state index contributed by atoms with van der Waals surface area (Å²) < 4.78 is 18.6. The lowest BCUT2D eigenvalue weighted by Gasteiger charge is -2.27. The molecule has 0 aromatic carbocycles. The number of hydrogen-bond donors (Lipinski definition) is 0. The molecule has 0 bridgehead atoms. The Kier molecular flexibility index (Phi) is 3.36.